The summed E-state index contributed by atoms with van der Waals surface area (Å²) in [5, 5.41) is 1.20. The molecule has 4 nitrogen and oxygen atoms in total. The molecule has 1 fully saturated rings. The van der Waals surface area contributed by atoms with E-state index in [1.165, 1.54) is 22.7 Å². The van der Waals surface area contributed by atoms with E-state index in [-0.39, 0.29) is 11.7 Å². The summed E-state index contributed by atoms with van der Waals surface area (Å²) in [5.74, 6) is 0.0529. The van der Waals surface area contributed by atoms with Gasteiger partial charge in [0.1, 0.15) is 5.82 Å². The molecule has 0 radical (unpaired) electrons. The lowest BCUT2D eigenvalue weighted by molar-refractivity contribution is 0.319. The first-order chi connectivity index (χ1) is 16.3. The molecule has 34 heavy (non-hydrogen) atoms. The smallest absolute Gasteiger partial charge is 0.243 e. The van der Waals surface area contributed by atoms with Gasteiger partial charge in [-0.2, -0.15) is 4.31 Å². The predicted molar refractivity (Wildman–Crippen MR) is 134 cm³/mol. The molecule has 1 aromatic heterocycles. The quantitative estimate of drug-likeness (QED) is 0.354. The second-order valence-electron chi connectivity index (χ2n) is 9.22. The Kier molecular flexibility index (Phi) is 6.04. The van der Waals surface area contributed by atoms with Crippen LogP contribution in [0.5, 0.6) is 0 Å². The van der Waals surface area contributed by atoms with Gasteiger partial charge in [0.2, 0.25) is 10.0 Å². The largest absolute Gasteiger partial charge is 0.340 e. The monoisotopic (exact) mass is 476 g/mol. The van der Waals surface area contributed by atoms with Crippen LogP contribution in [0.2, 0.25) is 0 Å². The van der Waals surface area contributed by atoms with E-state index in [2.05, 4.69) is 29.7 Å². The number of sulfonamides is 1. The van der Waals surface area contributed by atoms with Crippen LogP contribution in [0.1, 0.15) is 41.1 Å². The molecule has 0 saturated carbocycles. The summed E-state index contributed by atoms with van der Waals surface area (Å²) in [7, 11) is -3.48. The highest BCUT2D eigenvalue weighted by molar-refractivity contribution is 7.89. The Labute approximate surface area is 200 Å². The van der Waals surface area contributed by atoms with Crippen molar-refractivity contribution >= 4 is 20.9 Å². The third-order valence-corrected chi connectivity index (χ3v) is 8.94. The van der Waals surface area contributed by atoms with Gasteiger partial charge in [-0.3, -0.25) is 0 Å². The molecule has 4 aromatic rings. The van der Waals surface area contributed by atoms with E-state index in [1.807, 2.05) is 31.2 Å². The summed E-state index contributed by atoms with van der Waals surface area (Å²) in [6.07, 6.45) is 1.56. The van der Waals surface area contributed by atoms with Crippen LogP contribution in [0, 0.1) is 19.7 Å². The maximum atomic E-state index is 13.8. The topological polar surface area (TPSA) is 42.3 Å². The van der Waals surface area contributed by atoms with Crippen LogP contribution in [-0.2, 0) is 16.6 Å². The predicted octanol–water partition coefficient (Wildman–Crippen LogP) is 6.01. The van der Waals surface area contributed by atoms with E-state index in [0.29, 0.717) is 24.5 Å². The molecule has 1 aliphatic heterocycles. The number of aryl methyl sites for hydroxylation is 1. The molecule has 3 aromatic carbocycles. The Hall–Kier alpha value is -2.96. The summed E-state index contributed by atoms with van der Waals surface area (Å²) in [6.45, 7) is 5.69. The van der Waals surface area contributed by atoms with Crippen LogP contribution < -0.4 is 0 Å². The molecule has 0 atom stereocenters. The molecule has 0 N–H and O–H groups in total. The Bertz CT molecular complexity index is 1430. The average Bonchev–Trinajstić information content (AvgIpc) is 3.11. The summed E-state index contributed by atoms with van der Waals surface area (Å²) < 4.78 is 44.0. The minimum atomic E-state index is -3.48. The van der Waals surface area contributed by atoms with Crippen LogP contribution in [-0.4, -0.2) is 30.4 Å². The van der Waals surface area contributed by atoms with E-state index >= 15 is 0 Å². The average molecular weight is 477 g/mol. The second-order valence-corrected chi connectivity index (χ2v) is 11.2. The van der Waals surface area contributed by atoms with Gasteiger partial charge in [-0.1, -0.05) is 48.0 Å². The molecular weight excluding hydrogens is 447 g/mol. The Morgan fingerprint density at radius 1 is 0.912 bits per heavy atom. The highest BCUT2D eigenvalue weighted by Crippen LogP contribution is 2.38. The zero-order chi connectivity index (χ0) is 23.9. The first-order valence-corrected chi connectivity index (χ1v) is 13.2. The lowest BCUT2D eigenvalue weighted by atomic mass is 9.88. The molecular formula is C28H29FN2O2S. The van der Waals surface area contributed by atoms with Gasteiger partial charge in [0.05, 0.1) is 4.90 Å². The van der Waals surface area contributed by atoms with Crippen molar-refractivity contribution in [3.8, 4) is 0 Å². The number of benzene rings is 3. The summed E-state index contributed by atoms with van der Waals surface area (Å²) in [4.78, 5) is 0.361. The standard InChI is InChI=1S/C28H29FN2O2S/c1-20-10-12-25(13-11-20)34(32,33)30-16-14-23(15-17-30)28-21(2)31(27-9-4-3-8-26(27)28)19-22-6-5-7-24(29)18-22/h3-13,18,23H,14-17,19H2,1-2H3. The molecule has 1 aliphatic rings. The third-order valence-electron chi connectivity index (χ3n) is 7.03. The molecule has 2 heterocycles. The van der Waals surface area contributed by atoms with Gasteiger partial charge < -0.3 is 4.57 Å². The number of hydrogen-bond acceptors (Lipinski definition) is 2. The number of rotatable bonds is 5. The van der Waals surface area contributed by atoms with Crippen molar-refractivity contribution in [2.45, 2.75) is 44.0 Å². The van der Waals surface area contributed by atoms with E-state index in [0.717, 1.165) is 29.5 Å². The lowest BCUT2D eigenvalue weighted by Gasteiger charge is -2.31. The van der Waals surface area contributed by atoms with Crippen molar-refractivity contribution in [3.05, 3.63) is 101 Å². The van der Waals surface area contributed by atoms with Gasteiger partial charge in [-0.15, -0.1) is 0 Å². The Morgan fingerprint density at radius 3 is 2.32 bits per heavy atom. The minimum absolute atomic E-state index is 0.228. The highest BCUT2D eigenvalue weighted by Gasteiger charge is 2.32. The van der Waals surface area contributed by atoms with Gasteiger partial charge in [-0.25, -0.2) is 12.8 Å². The van der Waals surface area contributed by atoms with Crippen molar-refractivity contribution in [2.75, 3.05) is 13.1 Å². The fourth-order valence-corrected chi connectivity index (χ4v) is 6.71. The summed E-state index contributed by atoms with van der Waals surface area (Å²) in [6, 6.07) is 22.2. The number of piperidine rings is 1. The van der Waals surface area contributed by atoms with Crippen LogP contribution in [0.25, 0.3) is 10.9 Å². The molecule has 5 rings (SSSR count). The van der Waals surface area contributed by atoms with Crippen molar-refractivity contribution in [1.29, 1.82) is 0 Å². The Balaban J connectivity index is 1.42. The molecule has 0 spiro atoms. The molecule has 0 aliphatic carbocycles. The normalized spacial score (nSPS) is 15.7. The van der Waals surface area contributed by atoms with Crippen LogP contribution >= 0.6 is 0 Å². The van der Waals surface area contributed by atoms with E-state index in [9.17, 15) is 12.8 Å². The van der Waals surface area contributed by atoms with Crippen molar-refractivity contribution in [2.24, 2.45) is 0 Å². The second kappa shape index (κ2) is 9.01. The van der Waals surface area contributed by atoms with Gasteiger partial charge in [0.15, 0.2) is 0 Å². The highest BCUT2D eigenvalue weighted by atomic mass is 32.2. The minimum Gasteiger partial charge on any atom is -0.340 e. The number of hydrogen-bond donors (Lipinski definition) is 0. The zero-order valence-corrected chi connectivity index (χ0v) is 20.4. The number of nitrogens with zero attached hydrogens (tertiary/aromatic N) is 2. The van der Waals surface area contributed by atoms with Gasteiger partial charge >= 0.3 is 0 Å². The van der Waals surface area contributed by atoms with Crippen molar-refractivity contribution in [1.82, 2.24) is 8.87 Å². The van der Waals surface area contributed by atoms with E-state index < -0.39 is 10.0 Å². The van der Waals surface area contributed by atoms with Gasteiger partial charge in [-0.05, 0) is 74.1 Å². The fourth-order valence-electron chi connectivity index (χ4n) is 5.24. The van der Waals surface area contributed by atoms with E-state index in [4.69, 9.17) is 0 Å². The first-order valence-electron chi connectivity index (χ1n) is 11.7. The van der Waals surface area contributed by atoms with Crippen LogP contribution in [0.15, 0.2) is 77.7 Å². The number of para-hydroxylation sites is 1. The number of fused-ring (bicyclic) bond motifs is 1. The molecule has 6 heteroatoms. The van der Waals surface area contributed by atoms with Crippen molar-refractivity contribution in [3.63, 3.8) is 0 Å². The molecule has 1 saturated heterocycles. The van der Waals surface area contributed by atoms with Gasteiger partial charge in [0.25, 0.3) is 0 Å². The molecule has 0 bridgehead atoms. The summed E-state index contributed by atoms with van der Waals surface area (Å²) >= 11 is 0. The lowest BCUT2D eigenvalue weighted by Crippen LogP contribution is -2.38. The molecule has 176 valence electrons. The Morgan fingerprint density at radius 2 is 1.62 bits per heavy atom. The number of aromatic nitrogens is 1. The maximum absolute atomic E-state index is 13.8. The fraction of sp³-hybridized carbons (Fsp3) is 0.286. The van der Waals surface area contributed by atoms with Crippen molar-refractivity contribution < 1.29 is 12.8 Å². The SMILES string of the molecule is Cc1ccc(S(=O)(=O)N2CCC(c3c(C)n(Cc4cccc(F)c4)c4ccccc34)CC2)cc1. The molecule has 0 amide bonds. The number of halogens is 1. The third kappa shape index (κ3) is 4.17. The summed E-state index contributed by atoms with van der Waals surface area (Å²) in [5.41, 5.74) is 5.57. The van der Waals surface area contributed by atoms with E-state index in [1.54, 1.807) is 28.6 Å². The van der Waals surface area contributed by atoms with Crippen LogP contribution in [0.3, 0.4) is 0 Å². The first kappa shape index (κ1) is 22.8. The van der Waals surface area contributed by atoms with Gasteiger partial charge in [0, 0.05) is 36.2 Å². The molecule has 0 unspecified atom stereocenters. The zero-order valence-electron chi connectivity index (χ0n) is 19.5. The van der Waals surface area contributed by atoms with Crippen LogP contribution in [0.4, 0.5) is 4.39 Å². The maximum Gasteiger partial charge on any atom is 0.243 e.